The summed E-state index contributed by atoms with van der Waals surface area (Å²) < 4.78 is 0. The van der Waals surface area contributed by atoms with Gasteiger partial charge in [-0.05, 0) is 75.0 Å². The molecule has 0 unspecified atom stereocenters. The van der Waals surface area contributed by atoms with Crippen LogP contribution < -0.4 is 0 Å². The molecular formula is C25H42O4. The van der Waals surface area contributed by atoms with E-state index in [4.69, 9.17) is 0 Å². The van der Waals surface area contributed by atoms with Gasteiger partial charge in [0.05, 0.1) is 5.41 Å². The van der Waals surface area contributed by atoms with Gasteiger partial charge >= 0.3 is 5.97 Å². The smallest absolute Gasteiger partial charge is 0.309 e. The highest BCUT2D eigenvalue weighted by Gasteiger charge is 2.26. The number of phenols is 2. The molecule has 0 amide bonds. The first-order valence-electron chi connectivity index (χ1n) is 11.2. The Kier molecular flexibility index (Phi) is 10.0. The minimum absolute atomic E-state index is 0.110. The highest BCUT2D eigenvalue weighted by molar-refractivity contribution is 5.73. The molecule has 1 aromatic carbocycles. The zero-order valence-corrected chi connectivity index (χ0v) is 19.2. The molecule has 0 aliphatic rings. The number of aliphatic carboxylic acids is 1. The Morgan fingerprint density at radius 1 is 0.793 bits per heavy atom. The lowest BCUT2D eigenvalue weighted by Crippen LogP contribution is -2.23. The fourth-order valence-electron chi connectivity index (χ4n) is 3.69. The lowest BCUT2D eigenvalue weighted by molar-refractivity contribution is -0.147. The van der Waals surface area contributed by atoms with Crippen LogP contribution in [0.5, 0.6) is 11.5 Å². The number of phenolic OH excluding ortho intramolecular Hbond substituents is 2. The Bertz CT molecular complexity index is 641. The summed E-state index contributed by atoms with van der Waals surface area (Å²) in [4.78, 5) is 11.2. The molecule has 29 heavy (non-hydrogen) atoms. The number of carboxylic acids is 1. The molecule has 3 N–H and O–H groups in total. The average molecular weight is 407 g/mol. The Hall–Kier alpha value is -1.71. The fourth-order valence-corrected chi connectivity index (χ4v) is 3.69. The molecule has 1 aromatic rings. The first kappa shape index (κ1) is 25.3. The third-order valence-electron chi connectivity index (χ3n) is 5.73. The van der Waals surface area contributed by atoms with E-state index in [2.05, 4.69) is 20.8 Å². The summed E-state index contributed by atoms with van der Waals surface area (Å²) in [6.45, 7) is 10.4. The Morgan fingerprint density at radius 3 is 1.97 bits per heavy atom. The molecule has 0 radical (unpaired) electrons. The molecule has 0 atom stereocenters. The summed E-state index contributed by atoms with van der Waals surface area (Å²) >= 11 is 0. The van der Waals surface area contributed by atoms with Crippen LogP contribution in [-0.4, -0.2) is 21.3 Å². The van der Waals surface area contributed by atoms with Crippen LogP contribution in [0.3, 0.4) is 0 Å². The van der Waals surface area contributed by atoms with E-state index in [-0.39, 0.29) is 11.5 Å². The third-order valence-corrected chi connectivity index (χ3v) is 5.73. The van der Waals surface area contributed by atoms with Crippen molar-refractivity contribution in [1.29, 1.82) is 0 Å². The van der Waals surface area contributed by atoms with Crippen LogP contribution in [0.25, 0.3) is 0 Å². The summed E-state index contributed by atoms with van der Waals surface area (Å²) in [5.41, 5.74) is 1.70. The van der Waals surface area contributed by atoms with Gasteiger partial charge < -0.3 is 15.3 Å². The van der Waals surface area contributed by atoms with E-state index in [0.29, 0.717) is 11.8 Å². The van der Waals surface area contributed by atoms with Crippen LogP contribution in [0.2, 0.25) is 0 Å². The van der Waals surface area contributed by atoms with Gasteiger partial charge in [0.15, 0.2) is 0 Å². The van der Waals surface area contributed by atoms with Gasteiger partial charge in [-0.1, -0.05) is 52.9 Å². The molecule has 1 rings (SSSR count). The van der Waals surface area contributed by atoms with E-state index in [1.807, 2.05) is 0 Å². The number of benzene rings is 1. The highest BCUT2D eigenvalue weighted by atomic mass is 16.4. The van der Waals surface area contributed by atoms with Crippen molar-refractivity contribution in [3.8, 4) is 11.5 Å². The van der Waals surface area contributed by atoms with Gasteiger partial charge in [-0.2, -0.15) is 0 Å². The topological polar surface area (TPSA) is 77.8 Å². The average Bonchev–Trinajstić information content (AvgIpc) is 2.58. The van der Waals surface area contributed by atoms with Crippen molar-refractivity contribution in [2.45, 2.75) is 105 Å². The molecule has 0 saturated heterocycles. The van der Waals surface area contributed by atoms with Gasteiger partial charge in [-0.3, -0.25) is 4.79 Å². The van der Waals surface area contributed by atoms with Crippen LogP contribution in [-0.2, 0) is 17.6 Å². The maximum absolute atomic E-state index is 11.2. The van der Waals surface area contributed by atoms with E-state index in [0.717, 1.165) is 56.1 Å². The summed E-state index contributed by atoms with van der Waals surface area (Å²) in [7, 11) is 0. The van der Waals surface area contributed by atoms with Crippen molar-refractivity contribution in [1.82, 2.24) is 0 Å². The number of rotatable bonds is 13. The van der Waals surface area contributed by atoms with Gasteiger partial charge in [-0.25, -0.2) is 0 Å². The fraction of sp³-hybridized carbons (Fsp3) is 0.720. The molecule has 0 fully saturated rings. The first-order valence-corrected chi connectivity index (χ1v) is 11.2. The van der Waals surface area contributed by atoms with Crippen molar-refractivity contribution < 1.29 is 20.1 Å². The van der Waals surface area contributed by atoms with Crippen molar-refractivity contribution >= 4 is 5.97 Å². The SMILES string of the molecule is CC(C)(C)CCCCCCc1c(O)cc(O)cc1CCCCCC(C)(C)C(=O)O. The van der Waals surface area contributed by atoms with Crippen LogP contribution in [0.15, 0.2) is 12.1 Å². The second-order valence-corrected chi connectivity index (χ2v) is 10.3. The lowest BCUT2D eigenvalue weighted by Gasteiger charge is -2.18. The van der Waals surface area contributed by atoms with E-state index in [1.54, 1.807) is 19.9 Å². The molecule has 0 aliphatic heterocycles. The predicted octanol–water partition coefficient (Wildman–Crippen LogP) is 6.85. The van der Waals surface area contributed by atoms with E-state index in [9.17, 15) is 20.1 Å². The second kappa shape index (κ2) is 11.5. The lowest BCUT2D eigenvalue weighted by atomic mass is 9.86. The van der Waals surface area contributed by atoms with Gasteiger partial charge in [0.2, 0.25) is 0 Å². The molecule has 166 valence electrons. The number of hydrogen-bond acceptors (Lipinski definition) is 3. The molecule has 0 saturated carbocycles. The van der Waals surface area contributed by atoms with Crippen LogP contribution in [0.4, 0.5) is 0 Å². The normalized spacial score (nSPS) is 12.3. The van der Waals surface area contributed by atoms with Crippen LogP contribution in [0.1, 0.15) is 104 Å². The number of carboxylic acid groups (broad SMARTS) is 1. The second-order valence-electron chi connectivity index (χ2n) is 10.3. The summed E-state index contributed by atoms with van der Waals surface area (Å²) in [6, 6.07) is 3.21. The monoisotopic (exact) mass is 406 g/mol. The maximum Gasteiger partial charge on any atom is 0.309 e. The van der Waals surface area contributed by atoms with Gasteiger partial charge in [0.25, 0.3) is 0 Å². The molecule has 0 aliphatic carbocycles. The predicted molar refractivity (Wildman–Crippen MR) is 120 cm³/mol. The molecular weight excluding hydrogens is 364 g/mol. The third kappa shape index (κ3) is 10.0. The quantitative estimate of drug-likeness (QED) is 0.313. The maximum atomic E-state index is 11.2. The molecule has 0 bridgehead atoms. The minimum Gasteiger partial charge on any atom is -0.508 e. The Balaban J connectivity index is 2.49. The standard InChI is InChI=1S/C25H42O4/c1-24(2,3)15-11-7-6-10-14-21-19(17-20(26)18-22(21)27)13-9-8-12-16-25(4,5)23(28)29/h17-18,26-27H,6-16H2,1-5H3,(H,28,29). The van der Waals surface area contributed by atoms with E-state index < -0.39 is 11.4 Å². The van der Waals surface area contributed by atoms with Gasteiger partial charge in [0, 0.05) is 6.07 Å². The van der Waals surface area contributed by atoms with Gasteiger partial charge in [-0.15, -0.1) is 0 Å². The van der Waals surface area contributed by atoms with Crippen molar-refractivity contribution in [3.63, 3.8) is 0 Å². The Labute approximate surface area is 177 Å². The molecule has 0 aromatic heterocycles. The molecule has 0 spiro atoms. The minimum atomic E-state index is -0.750. The van der Waals surface area contributed by atoms with Crippen LogP contribution in [0, 0.1) is 10.8 Å². The van der Waals surface area contributed by atoms with Crippen molar-refractivity contribution in [2.75, 3.05) is 0 Å². The van der Waals surface area contributed by atoms with Crippen LogP contribution >= 0.6 is 0 Å². The summed E-state index contributed by atoms with van der Waals surface area (Å²) in [5.74, 6) is -0.444. The number of aryl methyl sites for hydroxylation is 1. The zero-order chi connectivity index (χ0) is 22.1. The highest BCUT2D eigenvalue weighted by Crippen LogP contribution is 2.31. The van der Waals surface area contributed by atoms with Crippen molar-refractivity contribution in [2.24, 2.45) is 10.8 Å². The molecule has 4 nitrogen and oxygen atoms in total. The molecule has 4 heteroatoms. The molecule has 0 heterocycles. The van der Waals surface area contributed by atoms with E-state index >= 15 is 0 Å². The van der Waals surface area contributed by atoms with E-state index in [1.165, 1.54) is 25.3 Å². The van der Waals surface area contributed by atoms with Crippen molar-refractivity contribution in [3.05, 3.63) is 23.3 Å². The number of aromatic hydroxyl groups is 2. The zero-order valence-electron chi connectivity index (χ0n) is 19.2. The first-order chi connectivity index (χ1) is 13.4. The number of carbonyl (C=O) groups is 1. The Morgan fingerprint density at radius 2 is 1.34 bits per heavy atom. The number of hydrogen-bond donors (Lipinski definition) is 3. The van der Waals surface area contributed by atoms with Gasteiger partial charge in [0.1, 0.15) is 11.5 Å². The largest absolute Gasteiger partial charge is 0.508 e. The number of unbranched alkanes of at least 4 members (excludes halogenated alkanes) is 5. The summed E-state index contributed by atoms with van der Waals surface area (Å²) in [5, 5.41) is 29.4. The summed E-state index contributed by atoms with van der Waals surface area (Å²) in [6.07, 6.45) is 10.9.